The number of H-pyrrole nitrogens is 1. The lowest BCUT2D eigenvalue weighted by Crippen LogP contribution is -2.40. The van der Waals surface area contributed by atoms with Crippen molar-refractivity contribution in [3.05, 3.63) is 53.7 Å². The molecule has 1 saturated heterocycles. The number of halogens is 1. The van der Waals surface area contributed by atoms with Gasteiger partial charge in [0.05, 0.1) is 6.20 Å². The Morgan fingerprint density at radius 1 is 1.29 bits per heavy atom. The molecule has 0 saturated carbocycles. The Balaban J connectivity index is 1.30. The van der Waals surface area contributed by atoms with Crippen LogP contribution in [-0.4, -0.2) is 55.7 Å². The number of nitrogens with one attached hydrogen (secondary N) is 1. The van der Waals surface area contributed by atoms with E-state index < -0.39 is 0 Å². The molecule has 3 heterocycles. The van der Waals surface area contributed by atoms with Gasteiger partial charge in [-0.2, -0.15) is 5.10 Å². The second kappa shape index (κ2) is 8.35. The Bertz CT molecular complexity index is 940. The molecule has 0 spiro atoms. The molecule has 1 fully saturated rings. The van der Waals surface area contributed by atoms with Gasteiger partial charge in [0, 0.05) is 36.4 Å². The summed E-state index contributed by atoms with van der Waals surface area (Å²) in [5, 5.41) is 7.82. The van der Waals surface area contributed by atoms with Crippen LogP contribution >= 0.6 is 11.6 Å². The molecule has 0 bridgehead atoms. The number of carbonyl (C=O) groups is 1. The molecule has 1 aromatic carbocycles. The highest BCUT2D eigenvalue weighted by atomic mass is 35.5. The maximum Gasteiger partial charge on any atom is 0.260 e. The molecule has 0 atom stereocenters. The molecule has 2 aromatic heterocycles. The van der Waals surface area contributed by atoms with Gasteiger partial charge in [-0.05, 0) is 31.0 Å². The van der Waals surface area contributed by atoms with E-state index in [2.05, 4.69) is 25.1 Å². The molecule has 1 aliphatic rings. The van der Waals surface area contributed by atoms with Crippen LogP contribution in [0.4, 0.5) is 0 Å². The van der Waals surface area contributed by atoms with E-state index >= 15 is 0 Å². The third-order valence-electron chi connectivity index (χ3n) is 4.69. The second-order valence-corrected chi connectivity index (χ2v) is 6.97. The number of hydrogen-bond donors (Lipinski definition) is 1. The minimum atomic E-state index is -0.0313. The first-order valence-corrected chi connectivity index (χ1v) is 9.41. The third kappa shape index (κ3) is 4.28. The number of carbonyl (C=O) groups excluding carboxylic acids is 1. The summed E-state index contributed by atoms with van der Waals surface area (Å²) >= 11 is 5.93. The van der Waals surface area contributed by atoms with E-state index in [1.807, 2.05) is 4.90 Å². The Labute approximate surface area is 166 Å². The zero-order valence-electron chi connectivity index (χ0n) is 15.1. The fourth-order valence-corrected chi connectivity index (χ4v) is 3.36. The first kappa shape index (κ1) is 18.4. The predicted molar refractivity (Wildman–Crippen MR) is 103 cm³/mol. The molecule has 0 radical (unpaired) electrons. The summed E-state index contributed by atoms with van der Waals surface area (Å²) in [6.45, 7) is 1.32. The summed E-state index contributed by atoms with van der Waals surface area (Å²) in [6.07, 6.45) is 6.49. The molecule has 144 valence electrons. The Kier molecular flexibility index (Phi) is 5.48. The predicted octanol–water partition coefficient (Wildman–Crippen LogP) is 2.70. The van der Waals surface area contributed by atoms with E-state index in [9.17, 15) is 4.79 Å². The van der Waals surface area contributed by atoms with Crippen LogP contribution in [0.2, 0.25) is 5.02 Å². The summed E-state index contributed by atoms with van der Waals surface area (Å²) < 4.78 is 5.55. The van der Waals surface area contributed by atoms with Gasteiger partial charge in [0.15, 0.2) is 6.61 Å². The molecule has 3 aromatic rings. The molecule has 4 rings (SSSR count). The standard InChI is InChI=1S/C19H19ClN6O2/c20-14-2-1-3-15(10-14)28-12-17(27)26-8-4-13(5-9-26)18-23-19(25-24-18)16-11-21-6-7-22-16/h1-3,6-7,10-11,13H,4-5,8-9,12H2,(H,23,24,25). The van der Waals surface area contributed by atoms with Crippen molar-refractivity contribution < 1.29 is 9.53 Å². The van der Waals surface area contributed by atoms with Crippen LogP contribution < -0.4 is 4.74 Å². The third-order valence-corrected chi connectivity index (χ3v) is 4.92. The highest BCUT2D eigenvalue weighted by Gasteiger charge is 2.26. The number of piperidine rings is 1. The van der Waals surface area contributed by atoms with Gasteiger partial charge in [0.25, 0.3) is 5.91 Å². The quantitative estimate of drug-likeness (QED) is 0.709. The molecule has 0 aliphatic carbocycles. The largest absolute Gasteiger partial charge is 0.484 e. The molecule has 1 aliphatic heterocycles. The van der Waals surface area contributed by atoms with Crippen molar-refractivity contribution in [3.8, 4) is 17.3 Å². The molecular formula is C19H19ClN6O2. The average molecular weight is 399 g/mol. The summed E-state index contributed by atoms with van der Waals surface area (Å²) in [7, 11) is 0. The van der Waals surface area contributed by atoms with Crippen LogP contribution in [0.15, 0.2) is 42.9 Å². The number of ether oxygens (including phenoxy) is 1. The normalized spacial score (nSPS) is 14.8. The van der Waals surface area contributed by atoms with Crippen molar-refractivity contribution in [1.29, 1.82) is 0 Å². The molecule has 28 heavy (non-hydrogen) atoms. The van der Waals surface area contributed by atoms with Crippen molar-refractivity contribution in [1.82, 2.24) is 30.0 Å². The fourth-order valence-electron chi connectivity index (χ4n) is 3.18. The van der Waals surface area contributed by atoms with Gasteiger partial charge in [-0.1, -0.05) is 17.7 Å². The van der Waals surface area contributed by atoms with E-state index in [1.165, 1.54) is 0 Å². The molecular weight excluding hydrogens is 380 g/mol. The van der Waals surface area contributed by atoms with Gasteiger partial charge < -0.3 is 9.64 Å². The number of aromatic nitrogens is 5. The molecule has 8 nitrogen and oxygen atoms in total. The monoisotopic (exact) mass is 398 g/mol. The lowest BCUT2D eigenvalue weighted by molar-refractivity contribution is -0.134. The summed E-state index contributed by atoms with van der Waals surface area (Å²) in [5.74, 6) is 2.15. The van der Waals surface area contributed by atoms with Crippen molar-refractivity contribution >= 4 is 17.5 Å². The van der Waals surface area contributed by atoms with E-state index in [0.717, 1.165) is 18.7 Å². The van der Waals surface area contributed by atoms with E-state index in [1.54, 1.807) is 42.9 Å². The number of nitrogens with zero attached hydrogens (tertiary/aromatic N) is 5. The van der Waals surface area contributed by atoms with Gasteiger partial charge in [-0.15, -0.1) is 0 Å². The number of hydrogen-bond acceptors (Lipinski definition) is 6. The summed E-state index contributed by atoms with van der Waals surface area (Å²) in [6, 6.07) is 7.03. The lowest BCUT2D eigenvalue weighted by atomic mass is 9.96. The molecule has 9 heteroatoms. The van der Waals surface area contributed by atoms with Gasteiger partial charge in [-0.25, -0.2) is 9.97 Å². The van der Waals surface area contributed by atoms with Crippen LogP contribution in [0.5, 0.6) is 5.75 Å². The number of amides is 1. The van der Waals surface area contributed by atoms with Crippen molar-refractivity contribution in [2.24, 2.45) is 0 Å². The minimum absolute atomic E-state index is 0.00411. The zero-order valence-corrected chi connectivity index (χ0v) is 15.8. The van der Waals surface area contributed by atoms with E-state index in [4.69, 9.17) is 16.3 Å². The minimum Gasteiger partial charge on any atom is -0.484 e. The van der Waals surface area contributed by atoms with Gasteiger partial charge in [0.2, 0.25) is 5.82 Å². The first-order valence-electron chi connectivity index (χ1n) is 9.04. The second-order valence-electron chi connectivity index (χ2n) is 6.54. The molecule has 1 amide bonds. The van der Waals surface area contributed by atoms with Crippen molar-refractivity contribution in [2.45, 2.75) is 18.8 Å². The number of likely N-dealkylation sites (tertiary alicyclic amines) is 1. The summed E-state index contributed by atoms with van der Waals surface area (Å²) in [5.41, 5.74) is 0.635. The Hall–Kier alpha value is -3.00. The van der Waals surface area contributed by atoms with Crippen molar-refractivity contribution in [3.63, 3.8) is 0 Å². The number of rotatable bonds is 5. The smallest absolute Gasteiger partial charge is 0.260 e. The highest BCUT2D eigenvalue weighted by molar-refractivity contribution is 6.30. The zero-order chi connectivity index (χ0) is 19.3. The van der Waals surface area contributed by atoms with Gasteiger partial charge >= 0.3 is 0 Å². The van der Waals surface area contributed by atoms with Crippen LogP contribution in [0.25, 0.3) is 11.5 Å². The Morgan fingerprint density at radius 3 is 2.89 bits per heavy atom. The SMILES string of the molecule is O=C(COc1cccc(Cl)c1)N1CCC(c2nc(-c3cnccn3)n[nH]2)CC1. The average Bonchev–Trinajstić information content (AvgIpc) is 3.23. The molecule has 1 N–H and O–H groups in total. The summed E-state index contributed by atoms with van der Waals surface area (Å²) in [4.78, 5) is 27.0. The van der Waals surface area contributed by atoms with Crippen LogP contribution in [0.1, 0.15) is 24.6 Å². The van der Waals surface area contributed by atoms with E-state index in [-0.39, 0.29) is 18.4 Å². The number of aromatic amines is 1. The van der Waals surface area contributed by atoms with Crippen molar-refractivity contribution in [2.75, 3.05) is 19.7 Å². The maximum atomic E-state index is 12.4. The van der Waals surface area contributed by atoms with Crippen LogP contribution in [0.3, 0.4) is 0 Å². The van der Waals surface area contributed by atoms with Crippen LogP contribution in [-0.2, 0) is 4.79 Å². The number of benzene rings is 1. The van der Waals surface area contributed by atoms with Gasteiger partial charge in [-0.3, -0.25) is 14.9 Å². The highest BCUT2D eigenvalue weighted by Crippen LogP contribution is 2.26. The Morgan fingerprint density at radius 2 is 2.14 bits per heavy atom. The molecule has 0 unspecified atom stereocenters. The topological polar surface area (TPSA) is 96.9 Å². The fraction of sp³-hybridized carbons (Fsp3) is 0.316. The first-order chi connectivity index (χ1) is 13.7. The van der Waals surface area contributed by atoms with E-state index in [0.29, 0.717) is 35.4 Å². The lowest BCUT2D eigenvalue weighted by Gasteiger charge is -2.30. The van der Waals surface area contributed by atoms with Crippen LogP contribution in [0, 0.1) is 0 Å². The van der Waals surface area contributed by atoms with Gasteiger partial charge in [0.1, 0.15) is 17.3 Å². The maximum absolute atomic E-state index is 12.4.